The second-order valence-electron chi connectivity index (χ2n) is 5.66. The van der Waals surface area contributed by atoms with Crippen molar-refractivity contribution in [1.82, 2.24) is 15.1 Å². The first-order valence-electron chi connectivity index (χ1n) is 7.25. The van der Waals surface area contributed by atoms with Gasteiger partial charge < -0.3 is 10.1 Å². The summed E-state index contributed by atoms with van der Waals surface area (Å²) in [6.45, 7) is 2.71. The Hall–Kier alpha value is -1.62. The summed E-state index contributed by atoms with van der Waals surface area (Å²) in [6.07, 6.45) is 7.73. The van der Waals surface area contributed by atoms with E-state index >= 15 is 0 Å². The third-order valence-corrected chi connectivity index (χ3v) is 4.33. The molecule has 1 N–H and O–H groups in total. The maximum Gasteiger partial charge on any atom is 0.244 e. The number of hydrogen-bond donors (Lipinski definition) is 1. The first-order valence-corrected chi connectivity index (χ1v) is 7.25. The van der Waals surface area contributed by atoms with Gasteiger partial charge in [0.05, 0.1) is 12.2 Å². The number of nitrogens with one attached hydrogen (secondary N) is 1. The first-order chi connectivity index (χ1) is 9.65. The Kier molecular flexibility index (Phi) is 3.61. The number of allylic oxidation sites excluding steroid dienone is 1. The minimum atomic E-state index is -0.0764. The van der Waals surface area contributed by atoms with E-state index in [4.69, 9.17) is 4.74 Å². The maximum absolute atomic E-state index is 12.0. The predicted octanol–water partition coefficient (Wildman–Crippen LogP) is 1.79. The lowest BCUT2D eigenvalue weighted by atomic mass is 9.92. The van der Waals surface area contributed by atoms with Crippen LogP contribution in [0.15, 0.2) is 17.8 Å². The van der Waals surface area contributed by atoms with Crippen molar-refractivity contribution < 1.29 is 9.53 Å². The van der Waals surface area contributed by atoms with E-state index in [1.165, 1.54) is 12.0 Å². The van der Waals surface area contributed by atoms with Gasteiger partial charge in [0.1, 0.15) is 6.10 Å². The topological polar surface area (TPSA) is 56.1 Å². The van der Waals surface area contributed by atoms with Gasteiger partial charge in [-0.25, -0.2) is 0 Å². The van der Waals surface area contributed by atoms with Crippen LogP contribution in [0.1, 0.15) is 43.0 Å². The predicted molar refractivity (Wildman–Crippen MR) is 75.1 cm³/mol. The fourth-order valence-corrected chi connectivity index (χ4v) is 2.77. The molecule has 108 valence electrons. The molecule has 1 aromatic heterocycles. The molecule has 1 aliphatic carbocycles. The summed E-state index contributed by atoms with van der Waals surface area (Å²) < 4.78 is 7.64. The van der Waals surface area contributed by atoms with Crippen LogP contribution in [-0.2, 0) is 16.6 Å². The SMILES string of the molecule is Cc1c([C@H]2OCC[C@@H]2NC(=O)C=C2CCC2)cnn1C. The smallest absolute Gasteiger partial charge is 0.244 e. The highest BCUT2D eigenvalue weighted by Gasteiger charge is 2.32. The molecule has 0 aromatic carbocycles. The summed E-state index contributed by atoms with van der Waals surface area (Å²) in [5.74, 6) is 0.0155. The van der Waals surface area contributed by atoms with E-state index in [9.17, 15) is 4.79 Å². The monoisotopic (exact) mass is 275 g/mol. The molecule has 3 rings (SSSR count). The fourth-order valence-electron chi connectivity index (χ4n) is 2.77. The minimum Gasteiger partial charge on any atom is -0.371 e. The number of ether oxygens (including phenoxy) is 1. The van der Waals surface area contributed by atoms with Gasteiger partial charge in [0.25, 0.3) is 0 Å². The normalized spacial score (nSPS) is 25.4. The van der Waals surface area contributed by atoms with Crippen LogP contribution >= 0.6 is 0 Å². The maximum atomic E-state index is 12.0. The molecule has 5 heteroatoms. The summed E-state index contributed by atoms with van der Waals surface area (Å²) in [4.78, 5) is 12.0. The van der Waals surface area contributed by atoms with Crippen molar-refractivity contribution in [1.29, 1.82) is 0 Å². The molecule has 0 bridgehead atoms. The van der Waals surface area contributed by atoms with Crippen LogP contribution in [-0.4, -0.2) is 28.3 Å². The number of hydrogen-bond acceptors (Lipinski definition) is 3. The summed E-state index contributed by atoms with van der Waals surface area (Å²) in [5.41, 5.74) is 3.43. The molecule has 5 nitrogen and oxygen atoms in total. The van der Waals surface area contributed by atoms with Crippen LogP contribution in [0.25, 0.3) is 0 Å². The molecular weight excluding hydrogens is 254 g/mol. The van der Waals surface area contributed by atoms with Gasteiger partial charge in [-0.15, -0.1) is 0 Å². The second kappa shape index (κ2) is 5.40. The molecule has 0 spiro atoms. The summed E-state index contributed by atoms with van der Waals surface area (Å²) in [6, 6.07) is 0.0438. The Morgan fingerprint density at radius 2 is 2.35 bits per heavy atom. The average Bonchev–Trinajstić information content (AvgIpc) is 2.93. The van der Waals surface area contributed by atoms with E-state index in [1.807, 2.05) is 24.9 Å². The minimum absolute atomic E-state index is 0.0155. The Bertz CT molecular complexity index is 541. The van der Waals surface area contributed by atoms with E-state index in [2.05, 4.69) is 10.4 Å². The first kappa shape index (κ1) is 13.4. The molecule has 1 aliphatic heterocycles. The molecular formula is C15H21N3O2. The largest absolute Gasteiger partial charge is 0.371 e. The van der Waals surface area contributed by atoms with Crippen molar-refractivity contribution in [2.45, 2.75) is 44.8 Å². The fraction of sp³-hybridized carbons (Fsp3) is 0.600. The second-order valence-corrected chi connectivity index (χ2v) is 5.66. The van der Waals surface area contributed by atoms with Gasteiger partial charge in [-0.05, 0) is 32.6 Å². The lowest BCUT2D eigenvalue weighted by molar-refractivity contribution is -0.117. The Balaban J connectivity index is 1.69. The van der Waals surface area contributed by atoms with E-state index in [-0.39, 0.29) is 18.1 Å². The van der Waals surface area contributed by atoms with Crippen LogP contribution in [0.3, 0.4) is 0 Å². The Labute approximate surface area is 119 Å². The molecule has 2 heterocycles. The molecule has 20 heavy (non-hydrogen) atoms. The average molecular weight is 275 g/mol. The van der Waals surface area contributed by atoms with Crippen LogP contribution < -0.4 is 5.32 Å². The van der Waals surface area contributed by atoms with Crippen molar-refractivity contribution in [3.63, 3.8) is 0 Å². The molecule has 2 fully saturated rings. The van der Waals surface area contributed by atoms with Crippen molar-refractivity contribution in [3.8, 4) is 0 Å². The van der Waals surface area contributed by atoms with Gasteiger partial charge in [-0.1, -0.05) is 5.57 Å². The highest BCUT2D eigenvalue weighted by molar-refractivity contribution is 5.88. The number of amides is 1. The van der Waals surface area contributed by atoms with Crippen LogP contribution in [0, 0.1) is 6.92 Å². The molecule has 2 aliphatic rings. The number of rotatable bonds is 3. The van der Waals surface area contributed by atoms with Gasteiger partial charge in [0.2, 0.25) is 5.91 Å². The third-order valence-electron chi connectivity index (χ3n) is 4.33. The van der Waals surface area contributed by atoms with E-state index < -0.39 is 0 Å². The Morgan fingerprint density at radius 3 is 2.95 bits per heavy atom. The van der Waals surface area contributed by atoms with Crippen molar-refractivity contribution in [2.24, 2.45) is 7.05 Å². The summed E-state index contributed by atoms with van der Waals surface area (Å²) in [7, 11) is 1.92. The van der Waals surface area contributed by atoms with Crippen molar-refractivity contribution >= 4 is 5.91 Å². The zero-order valence-electron chi connectivity index (χ0n) is 12.1. The number of nitrogens with zero attached hydrogens (tertiary/aromatic N) is 2. The Morgan fingerprint density at radius 1 is 1.55 bits per heavy atom. The summed E-state index contributed by atoms with van der Waals surface area (Å²) in [5, 5.41) is 7.34. The molecule has 0 unspecified atom stereocenters. The zero-order chi connectivity index (χ0) is 14.1. The number of carbonyl (C=O) groups is 1. The van der Waals surface area contributed by atoms with Crippen LogP contribution in [0.5, 0.6) is 0 Å². The van der Waals surface area contributed by atoms with E-state index in [0.29, 0.717) is 6.61 Å². The van der Waals surface area contributed by atoms with Gasteiger partial charge in [0, 0.05) is 31.0 Å². The lowest BCUT2D eigenvalue weighted by Gasteiger charge is -2.20. The number of aromatic nitrogens is 2. The number of carbonyl (C=O) groups excluding carboxylic acids is 1. The van der Waals surface area contributed by atoms with Crippen LogP contribution in [0.4, 0.5) is 0 Å². The highest BCUT2D eigenvalue weighted by atomic mass is 16.5. The van der Waals surface area contributed by atoms with Gasteiger partial charge in [-0.3, -0.25) is 9.48 Å². The summed E-state index contributed by atoms with van der Waals surface area (Å²) >= 11 is 0. The molecule has 1 saturated carbocycles. The zero-order valence-corrected chi connectivity index (χ0v) is 12.1. The molecule has 2 atom stereocenters. The molecule has 1 aromatic rings. The highest BCUT2D eigenvalue weighted by Crippen LogP contribution is 2.31. The standard InChI is InChI=1S/C15H21N3O2/c1-10-12(9-16-18(10)2)15-13(6-7-20-15)17-14(19)8-11-4-3-5-11/h8-9,13,15H,3-7H2,1-2H3,(H,17,19)/t13-,15+/m0/s1. The van der Waals surface area contributed by atoms with Crippen molar-refractivity contribution in [3.05, 3.63) is 29.1 Å². The van der Waals surface area contributed by atoms with E-state index in [1.54, 1.807) is 6.08 Å². The van der Waals surface area contributed by atoms with E-state index in [0.717, 1.165) is 30.5 Å². The molecule has 1 amide bonds. The third kappa shape index (κ3) is 2.50. The quantitative estimate of drug-likeness (QED) is 0.856. The van der Waals surface area contributed by atoms with Crippen LogP contribution in [0.2, 0.25) is 0 Å². The van der Waals surface area contributed by atoms with Gasteiger partial charge in [0.15, 0.2) is 0 Å². The number of aryl methyl sites for hydroxylation is 1. The molecule has 0 radical (unpaired) electrons. The van der Waals surface area contributed by atoms with Crippen molar-refractivity contribution in [2.75, 3.05) is 6.61 Å². The molecule has 1 saturated heterocycles. The lowest BCUT2D eigenvalue weighted by Crippen LogP contribution is -2.36. The van der Waals surface area contributed by atoms with Gasteiger partial charge >= 0.3 is 0 Å². The van der Waals surface area contributed by atoms with Gasteiger partial charge in [-0.2, -0.15) is 5.10 Å².